The number of benzene rings is 1. The molecule has 1 aromatic carbocycles. The van der Waals surface area contributed by atoms with Crippen molar-refractivity contribution >= 4 is 10.9 Å². The molecule has 2 N–H and O–H groups in total. The van der Waals surface area contributed by atoms with Crippen molar-refractivity contribution in [1.29, 1.82) is 0 Å². The summed E-state index contributed by atoms with van der Waals surface area (Å²) in [5, 5.41) is 4.06. The number of aromatic amines is 1. The highest BCUT2D eigenvalue weighted by molar-refractivity contribution is 5.77. The summed E-state index contributed by atoms with van der Waals surface area (Å²) >= 11 is 0. The van der Waals surface area contributed by atoms with Gasteiger partial charge in [-0.1, -0.05) is 12.1 Å². The van der Waals surface area contributed by atoms with Crippen molar-refractivity contribution in [3.05, 3.63) is 40.4 Å². The van der Waals surface area contributed by atoms with Crippen LogP contribution in [0.2, 0.25) is 0 Å². The van der Waals surface area contributed by atoms with E-state index in [1.807, 2.05) is 18.2 Å². The Hall–Kier alpha value is -1.72. The summed E-state index contributed by atoms with van der Waals surface area (Å²) in [6.45, 7) is 5.82. The Kier molecular flexibility index (Phi) is 3.31. The summed E-state index contributed by atoms with van der Waals surface area (Å²) in [5.74, 6) is 0.748. The molecule has 0 saturated carbocycles. The minimum atomic E-state index is -0.0521. The Morgan fingerprint density at radius 1 is 1.42 bits per heavy atom. The van der Waals surface area contributed by atoms with E-state index in [4.69, 9.17) is 0 Å². The number of nitrogens with one attached hydrogen (secondary N) is 2. The number of rotatable bonds is 2. The molecular weight excluding hydrogens is 240 g/mol. The van der Waals surface area contributed by atoms with E-state index in [2.05, 4.69) is 27.1 Å². The number of nitrogens with zero attached hydrogens (tertiary/aromatic N) is 2. The van der Waals surface area contributed by atoms with Gasteiger partial charge in [0.05, 0.1) is 17.4 Å². The van der Waals surface area contributed by atoms with Gasteiger partial charge in [0.25, 0.3) is 5.56 Å². The van der Waals surface area contributed by atoms with E-state index in [1.165, 1.54) is 0 Å². The van der Waals surface area contributed by atoms with Crippen molar-refractivity contribution in [2.45, 2.75) is 19.5 Å². The molecule has 0 amide bonds. The van der Waals surface area contributed by atoms with E-state index in [1.54, 1.807) is 6.07 Å². The monoisotopic (exact) mass is 258 g/mol. The van der Waals surface area contributed by atoms with Gasteiger partial charge in [-0.2, -0.15) is 0 Å². The van der Waals surface area contributed by atoms with Gasteiger partial charge < -0.3 is 10.3 Å². The lowest BCUT2D eigenvalue weighted by Gasteiger charge is -2.31. The second-order valence-corrected chi connectivity index (χ2v) is 5.12. The average Bonchev–Trinajstić information content (AvgIpc) is 2.39. The summed E-state index contributed by atoms with van der Waals surface area (Å²) in [7, 11) is 0. The van der Waals surface area contributed by atoms with Crippen LogP contribution in [0.15, 0.2) is 29.1 Å². The number of para-hydroxylation sites is 1. The molecule has 1 atom stereocenters. The molecule has 1 aromatic heterocycles. The van der Waals surface area contributed by atoms with Gasteiger partial charge in [-0.25, -0.2) is 4.98 Å². The zero-order valence-corrected chi connectivity index (χ0v) is 11.0. The quantitative estimate of drug-likeness (QED) is 0.833. The maximum atomic E-state index is 12.0. The summed E-state index contributed by atoms with van der Waals surface area (Å²) < 4.78 is 0. The molecule has 0 radical (unpaired) electrons. The molecule has 19 heavy (non-hydrogen) atoms. The van der Waals surface area contributed by atoms with Gasteiger partial charge in [0.2, 0.25) is 0 Å². The van der Waals surface area contributed by atoms with Gasteiger partial charge in [-0.05, 0) is 19.1 Å². The van der Waals surface area contributed by atoms with Crippen LogP contribution in [0.4, 0.5) is 0 Å². The SMILES string of the molecule is CC1CN(Cc2nc3ccccc3c(=O)[nH]2)CCN1. The van der Waals surface area contributed by atoms with Gasteiger partial charge in [-0.3, -0.25) is 9.69 Å². The molecule has 0 aliphatic carbocycles. The second-order valence-electron chi connectivity index (χ2n) is 5.12. The van der Waals surface area contributed by atoms with Crippen LogP contribution in [0.3, 0.4) is 0 Å². The number of H-pyrrole nitrogens is 1. The van der Waals surface area contributed by atoms with Crippen LogP contribution in [0, 0.1) is 0 Å². The Bertz CT molecular complexity index is 637. The molecular formula is C14H18N4O. The van der Waals surface area contributed by atoms with Crippen LogP contribution in [-0.2, 0) is 6.54 Å². The minimum absolute atomic E-state index is 0.0521. The van der Waals surface area contributed by atoms with E-state index < -0.39 is 0 Å². The van der Waals surface area contributed by atoms with Crippen molar-refractivity contribution in [2.75, 3.05) is 19.6 Å². The fourth-order valence-corrected chi connectivity index (χ4v) is 2.58. The highest BCUT2D eigenvalue weighted by atomic mass is 16.1. The molecule has 100 valence electrons. The van der Waals surface area contributed by atoms with Crippen molar-refractivity contribution in [2.24, 2.45) is 0 Å². The van der Waals surface area contributed by atoms with Crippen LogP contribution >= 0.6 is 0 Å². The van der Waals surface area contributed by atoms with Crippen LogP contribution in [-0.4, -0.2) is 40.5 Å². The number of piperazine rings is 1. The van der Waals surface area contributed by atoms with Crippen LogP contribution in [0.1, 0.15) is 12.7 Å². The first-order valence-corrected chi connectivity index (χ1v) is 6.66. The fourth-order valence-electron chi connectivity index (χ4n) is 2.58. The maximum absolute atomic E-state index is 12.0. The standard InChI is InChI=1S/C14H18N4O/c1-10-8-18(7-6-15-10)9-13-16-12-5-3-2-4-11(12)14(19)17-13/h2-5,10,15H,6-9H2,1H3,(H,16,17,19). The lowest BCUT2D eigenvalue weighted by Crippen LogP contribution is -2.48. The average molecular weight is 258 g/mol. The predicted octanol–water partition coefficient (Wildman–Crippen LogP) is 0.717. The Labute approximate surface area is 111 Å². The third-order valence-electron chi connectivity index (χ3n) is 3.49. The molecule has 0 bridgehead atoms. The van der Waals surface area contributed by atoms with Crippen molar-refractivity contribution in [1.82, 2.24) is 20.2 Å². The molecule has 0 spiro atoms. The number of fused-ring (bicyclic) bond motifs is 1. The van der Waals surface area contributed by atoms with Crippen molar-refractivity contribution in [3.63, 3.8) is 0 Å². The first kappa shape index (κ1) is 12.3. The lowest BCUT2D eigenvalue weighted by molar-refractivity contribution is 0.195. The van der Waals surface area contributed by atoms with Crippen LogP contribution in [0.5, 0.6) is 0 Å². The number of hydrogen-bond acceptors (Lipinski definition) is 4. The maximum Gasteiger partial charge on any atom is 0.258 e. The zero-order valence-electron chi connectivity index (χ0n) is 11.0. The second kappa shape index (κ2) is 5.11. The summed E-state index contributed by atoms with van der Waals surface area (Å²) in [4.78, 5) is 21.7. The van der Waals surface area contributed by atoms with E-state index in [-0.39, 0.29) is 5.56 Å². The molecule has 1 fully saturated rings. The van der Waals surface area contributed by atoms with E-state index >= 15 is 0 Å². The molecule has 5 heteroatoms. The zero-order chi connectivity index (χ0) is 13.2. The van der Waals surface area contributed by atoms with Gasteiger partial charge in [0.1, 0.15) is 5.82 Å². The first-order valence-electron chi connectivity index (χ1n) is 6.66. The first-order chi connectivity index (χ1) is 9.22. The van der Waals surface area contributed by atoms with Gasteiger partial charge in [-0.15, -0.1) is 0 Å². The normalized spacial score (nSPS) is 20.8. The minimum Gasteiger partial charge on any atom is -0.312 e. The van der Waals surface area contributed by atoms with Gasteiger partial charge in [0.15, 0.2) is 0 Å². The smallest absolute Gasteiger partial charge is 0.258 e. The van der Waals surface area contributed by atoms with E-state index in [9.17, 15) is 4.79 Å². The predicted molar refractivity (Wildman–Crippen MR) is 75.1 cm³/mol. The summed E-state index contributed by atoms with van der Waals surface area (Å²) in [6.07, 6.45) is 0. The van der Waals surface area contributed by atoms with Crippen molar-refractivity contribution < 1.29 is 0 Å². The highest BCUT2D eigenvalue weighted by Crippen LogP contribution is 2.08. The van der Waals surface area contributed by atoms with Gasteiger partial charge >= 0.3 is 0 Å². The Morgan fingerprint density at radius 2 is 2.26 bits per heavy atom. The Morgan fingerprint density at radius 3 is 3.11 bits per heavy atom. The fraction of sp³-hybridized carbons (Fsp3) is 0.429. The van der Waals surface area contributed by atoms with Crippen LogP contribution in [0.25, 0.3) is 10.9 Å². The summed E-state index contributed by atoms with van der Waals surface area (Å²) in [6, 6.07) is 7.94. The molecule has 2 aromatic rings. The summed E-state index contributed by atoms with van der Waals surface area (Å²) in [5.41, 5.74) is 0.716. The molecule has 3 rings (SSSR count). The van der Waals surface area contributed by atoms with E-state index in [0.29, 0.717) is 18.0 Å². The topological polar surface area (TPSA) is 61.0 Å². The van der Waals surface area contributed by atoms with E-state index in [0.717, 1.165) is 31.0 Å². The molecule has 5 nitrogen and oxygen atoms in total. The molecule has 1 unspecified atom stereocenters. The third kappa shape index (κ3) is 2.67. The Balaban J connectivity index is 1.87. The molecule has 2 heterocycles. The van der Waals surface area contributed by atoms with Gasteiger partial charge in [0, 0.05) is 25.7 Å². The molecule has 1 aliphatic rings. The third-order valence-corrected chi connectivity index (χ3v) is 3.49. The lowest BCUT2D eigenvalue weighted by atomic mass is 10.2. The number of hydrogen-bond donors (Lipinski definition) is 2. The van der Waals surface area contributed by atoms with Crippen molar-refractivity contribution in [3.8, 4) is 0 Å². The number of aromatic nitrogens is 2. The van der Waals surface area contributed by atoms with Crippen LogP contribution < -0.4 is 10.9 Å². The molecule has 1 saturated heterocycles. The molecule has 1 aliphatic heterocycles. The highest BCUT2D eigenvalue weighted by Gasteiger charge is 2.16. The largest absolute Gasteiger partial charge is 0.312 e.